The predicted molar refractivity (Wildman–Crippen MR) is 116 cm³/mol. The van der Waals surface area contributed by atoms with Gasteiger partial charge in [0, 0.05) is 32.0 Å². The van der Waals surface area contributed by atoms with Crippen LogP contribution in [0.5, 0.6) is 0 Å². The Morgan fingerprint density at radius 2 is 1.72 bits per heavy atom. The van der Waals surface area contributed by atoms with Gasteiger partial charge in [-0.05, 0) is 61.0 Å². The number of rotatable bonds is 7. The summed E-state index contributed by atoms with van der Waals surface area (Å²) < 4.78 is 27.2. The highest BCUT2D eigenvalue weighted by molar-refractivity contribution is 8.13. The van der Waals surface area contributed by atoms with Crippen LogP contribution in [0.3, 0.4) is 0 Å². The summed E-state index contributed by atoms with van der Waals surface area (Å²) in [5.74, 6) is -0.349. The van der Waals surface area contributed by atoms with E-state index in [4.69, 9.17) is 0 Å². The van der Waals surface area contributed by atoms with Gasteiger partial charge in [0.05, 0.1) is 10.6 Å². The van der Waals surface area contributed by atoms with Crippen molar-refractivity contribution >= 4 is 38.6 Å². The highest BCUT2D eigenvalue weighted by Gasteiger charge is 2.16. The molecule has 0 fully saturated rings. The van der Waals surface area contributed by atoms with Crippen LogP contribution in [0, 0.1) is 13.8 Å². The van der Waals surface area contributed by atoms with Crippen LogP contribution in [0.2, 0.25) is 0 Å². The quantitative estimate of drug-likeness (QED) is 0.650. The first kappa shape index (κ1) is 22.9. The Kier molecular flexibility index (Phi) is 7.83. The van der Waals surface area contributed by atoms with Crippen LogP contribution in [-0.4, -0.2) is 45.1 Å². The first-order valence-corrected chi connectivity index (χ1v) is 11.2. The summed E-state index contributed by atoms with van der Waals surface area (Å²) in [6, 6.07) is 11.9. The van der Waals surface area contributed by atoms with Crippen molar-refractivity contribution in [3.05, 3.63) is 53.6 Å². The van der Waals surface area contributed by atoms with Crippen LogP contribution in [0.4, 0.5) is 10.5 Å². The van der Waals surface area contributed by atoms with Crippen molar-refractivity contribution in [3.8, 4) is 0 Å². The normalized spacial score (nSPS) is 11.2. The van der Waals surface area contributed by atoms with Crippen LogP contribution in [-0.2, 0) is 14.8 Å². The van der Waals surface area contributed by atoms with E-state index >= 15 is 0 Å². The molecule has 2 aromatic carbocycles. The number of sulfonamides is 1. The average molecular weight is 436 g/mol. The molecule has 0 aliphatic carbocycles. The van der Waals surface area contributed by atoms with Gasteiger partial charge in [-0.15, -0.1) is 0 Å². The molecule has 0 spiro atoms. The van der Waals surface area contributed by atoms with Crippen LogP contribution < -0.4 is 10.0 Å². The van der Waals surface area contributed by atoms with E-state index in [2.05, 4.69) is 10.0 Å². The SMILES string of the molecule is Cc1ccc(S(=O)(=O)NCCC(=O)Nc2ccccc2SC(=O)N(C)C)cc1C. The van der Waals surface area contributed by atoms with Gasteiger partial charge in [-0.2, -0.15) is 0 Å². The predicted octanol–water partition coefficient (Wildman–Crippen LogP) is 3.38. The van der Waals surface area contributed by atoms with Gasteiger partial charge < -0.3 is 10.2 Å². The van der Waals surface area contributed by atoms with Crippen molar-refractivity contribution < 1.29 is 18.0 Å². The van der Waals surface area contributed by atoms with Gasteiger partial charge in [0.25, 0.3) is 5.24 Å². The Morgan fingerprint density at radius 1 is 1.03 bits per heavy atom. The third-order valence-electron chi connectivity index (χ3n) is 4.16. The number of aryl methyl sites for hydroxylation is 2. The van der Waals surface area contributed by atoms with Crippen LogP contribution in [0.1, 0.15) is 17.5 Å². The topological polar surface area (TPSA) is 95.6 Å². The summed E-state index contributed by atoms with van der Waals surface area (Å²) in [4.78, 5) is 26.4. The molecule has 9 heteroatoms. The van der Waals surface area contributed by atoms with Crippen molar-refractivity contribution in [2.75, 3.05) is 26.0 Å². The molecule has 2 amide bonds. The van der Waals surface area contributed by atoms with E-state index in [9.17, 15) is 18.0 Å². The summed E-state index contributed by atoms with van der Waals surface area (Å²) in [5, 5.41) is 2.57. The number of hydrogen-bond donors (Lipinski definition) is 2. The van der Waals surface area contributed by atoms with E-state index in [1.54, 1.807) is 56.6 Å². The van der Waals surface area contributed by atoms with Crippen molar-refractivity contribution in [2.45, 2.75) is 30.1 Å². The van der Waals surface area contributed by atoms with Gasteiger partial charge in [0.1, 0.15) is 0 Å². The Bertz CT molecular complexity index is 1000. The molecule has 0 aliphatic heterocycles. The Balaban J connectivity index is 1.95. The molecule has 2 N–H and O–H groups in total. The minimum absolute atomic E-state index is 0.0347. The number of hydrogen-bond acceptors (Lipinski definition) is 5. The third-order valence-corrected chi connectivity index (χ3v) is 6.73. The maximum absolute atomic E-state index is 12.4. The van der Waals surface area contributed by atoms with Crippen molar-refractivity contribution in [1.29, 1.82) is 0 Å². The smallest absolute Gasteiger partial charge is 0.286 e. The summed E-state index contributed by atoms with van der Waals surface area (Å²) in [6.07, 6.45) is -0.0370. The monoisotopic (exact) mass is 435 g/mol. The zero-order chi connectivity index (χ0) is 21.6. The Morgan fingerprint density at radius 3 is 2.38 bits per heavy atom. The fourth-order valence-electron chi connectivity index (χ4n) is 2.32. The fourth-order valence-corrected chi connectivity index (χ4v) is 4.18. The number of thioether (sulfide) groups is 1. The molecule has 0 unspecified atom stereocenters. The first-order chi connectivity index (χ1) is 13.6. The number of carbonyl (C=O) groups excluding carboxylic acids is 2. The number of nitrogens with zero attached hydrogens (tertiary/aromatic N) is 1. The molecule has 0 bridgehead atoms. The maximum atomic E-state index is 12.4. The minimum Gasteiger partial charge on any atom is -0.339 e. The van der Waals surface area contributed by atoms with Gasteiger partial charge >= 0.3 is 0 Å². The molecular formula is C20H25N3O4S2. The molecule has 7 nitrogen and oxygen atoms in total. The fraction of sp³-hybridized carbons (Fsp3) is 0.300. The highest BCUT2D eigenvalue weighted by Crippen LogP contribution is 2.28. The Labute approximate surface area is 175 Å². The zero-order valence-corrected chi connectivity index (χ0v) is 18.5. The lowest BCUT2D eigenvalue weighted by Crippen LogP contribution is -2.28. The lowest BCUT2D eigenvalue weighted by Gasteiger charge is -2.13. The number of anilines is 1. The van der Waals surface area contributed by atoms with Gasteiger partial charge in [0.15, 0.2) is 0 Å². The molecule has 0 aromatic heterocycles. The van der Waals surface area contributed by atoms with Crippen LogP contribution >= 0.6 is 11.8 Å². The van der Waals surface area contributed by atoms with Crippen LogP contribution in [0.15, 0.2) is 52.3 Å². The van der Waals surface area contributed by atoms with Crippen molar-refractivity contribution in [3.63, 3.8) is 0 Å². The van der Waals surface area contributed by atoms with E-state index < -0.39 is 10.0 Å². The second kappa shape index (κ2) is 9.91. The summed E-state index contributed by atoms with van der Waals surface area (Å²) in [5.41, 5.74) is 2.40. The highest BCUT2D eigenvalue weighted by atomic mass is 32.2. The molecule has 0 saturated carbocycles. The molecule has 0 heterocycles. The Hall–Kier alpha value is -2.36. The standard InChI is InChI=1S/C20H25N3O4S2/c1-14-9-10-16(13-15(14)2)29(26,27)21-12-11-19(24)22-17-7-5-6-8-18(17)28-20(25)23(3)4/h5-10,13,21H,11-12H2,1-4H3,(H,22,24). The van der Waals surface area contributed by atoms with E-state index in [1.807, 2.05) is 13.8 Å². The molecule has 0 aliphatic rings. The number of amides is 2. The van der Waals surface area contributed by atoms with Crippen LogP contribution in [0.25, 0.3) is 0 Å². The molecular weight excluding hydrogens is 410 g/mol. The van der Waals surface area contributed by atoms with Crippen molar-refractivity contribution in [1.82, 2.24) is 9.62 Å². The largest absolute Gasteiger partial charge is 0.339 e. The second-order valence-corrected chi connectivity index (χ2v) is 9.46. The zero-order valence-electron chi connectivity index (χ0n) is 16.9. The molecule has 0 atom stereocenters. The number of carbonyl (C=O) groups is 2. The van der Waals surface area contributed by atoms with Gasteiger partial charge in [-0.25, -0.2) is 13.1 Å². The summed E-state index contributed by atoms with van der Waals surface area (Å²) in [6.45, 7) is 3.72. The maximum Gasteiger partial charge on any atom is 0.286 e. The molecule has 0 saturated heterocycles. The van der Waals surface area contributed by atoms with E-state index in [0.29, 0.717) is 10.6 Å². The number of benzene rings is 2. The molecule has 29 heavy (non-hydrogen) atoms. The lowest BCUT2D eigenvalue weighted by molar-refractivity contribution is -0.116. The summed E-state index contributed by atoms with van der Waals surface area (Å²) in [7, 11) is -0.384. The average Bonchev–Trinajstić information content (AvgIpc) is 2.65. The van der Waals surface area contributed by atoms with Gasteiger partial charge in [-0.3, -0.25) is 9.59 Å². The van der Waals surface area contributed by atoms with E-state index in [0.717, 1.165) is 22.9 Å². The first-order valence-electron chi connectivity index (χ1n) is 8.95. The molecule has 2 aromatic rings. The van der Waals surface area contributed by atoms with E-state index in [-0.39, 0.29) is 29.0 Å². The molecule has 2 rings (SSSR count). The number of nitrogens with one attached hydrogen (secondary N) is 2. The number of para-hydroxylation sites is 1. The minimum atomic E-state index is -3.69. The summed E-state index contributed by atoms with van der Waals surface area (Å²) >= 11 is 1.01. The van der Waals surface area contributed by atoms with Gasteiger partial charge in [0.2, 0.25) is 15.9 Å². The van der Waals surface area contributed by atoms with E-state index in [1.165, 1.54) is 4.90 Å². The van der Waals surface area contributed by atoms with Crippen molar-refractivity contribution in [2.24, 2.45) is 0 Å². The molecule has 0 radical (unpaired) electrons. The third kappa shape index (κ3) is 6.59. The lowest BCUT2D eigenvalue weighted by atomic mass is 10.1. The second-order valence-electron chi connectivity index (χ2n) is 6.70. The molecule has 156 valence electrons. The van der Waals surface area contributed by atoms with Gasteiger partial charge in [-0.1, -0.05) is 18.2 Å².